The van der Waals surface area contributed by atoms with E-state index in [1.807, 2.05) is 63.2 Å². The minimum atomic E-state index is -0.753. The predicted molar refractivity (Wildman–Crippen MR) is 262 cm³/mol. The molecule has 0 spiro atoms. The molecule has 3 aromatic rings. The second kappa shape index (κ2) is 32.8. The highest BCUT2D eigenvalue weighted by Crippen LogP contribution is 2.46. The highest BCUT2D eigenvalue weighted by molar-refractivity contribution is 5.75. The van der Waals surface area contributed by atoms with Gasteiger partial charge in [0, 0.05) is 36.6 Å². The fourth-order valence-corrected chi connectivity index (χ4v) is 7.07. The number of nitrogens with one attached hydrogen (secondary N) is 2. The zero-order valence-corrected chi connectivity index (χ0v) is 41.6. The van der Waals surface area contributed by atoms with Crippen molar-refractivity contribution in [1.82, 2.24) is 15.6 Å². The average Bonchev–Trinajstić information content (AvgIpc) is 3.84. The summed E-state index contributed by atoms with van der Waals surface area (Å²) in [6.07, 6.45) is 4.67. The highest BCUT2D eigenvalue weighted by atomic mass is 16.6. The number of carbonyl (C=O) groups excluding carboxylic acids is 2. The molecule has 4 rings (SSSR count). The van der Waals surface area contributed by atoms with E-state index in [0.29, 0.717) is 137 Å². The Morgan fingerprint density at radius 3 is 1.55 bits per heavy atom. The number of benzene rings is 2. The maximum absolute atomic E-state index is 12.5. The topological polar surface area (TPSA) is 204 Å². The second-order valence-electron chi connectivity index (χ2n) is 18.0. The smallest absolute Gasteiger partial charge is 0.407 e. The van der Waals surface area contributed by atoms with Crippen LogP contribution in [0, 0.1) is 5.41 Å². The first-order valence-corrected chi connectivity index (χ1v) is 24.3. The van der Waals surface area contributed by atoms with Gasteiger partial charge in [-0.3, -0.25) is 4.79 Å². The van der Waals surface area contributed by atoms with Crippen molar-refractivity contribution in [1.29, 1.82) is 0 Å². The van der Waals surface area contributed by atoms with Crippen molar-refractivity contribution in [3.05, 3.63) is 72.8 Å². The van der Waals surface area contributed by atoms with Crippen molar-refractivity contribution in [2.45, 2.75) is 90.8 Å². The van der Waals surface area contributed by atoms with Crippen LogP contribution in [0.3, 0.4) is 0 Å². The van der Waals surface area contributed by atoms with Gasteiger partial charge in [0.05, 0.1) is 105 Å². The van der Waals surface area contributed by atoms with Crippen LogP contribution in [0.25, 0.3) is 22.4 Å². The van der Waals surface area contributed by atoms with E-state index in [1.54, 1.807) is 0 Å². The molecule has 2 N–H and O–H groups in total. The van der Waals surface area contributed by atoms with Crippen molar-refractivity contribution in [3.8, 4) is 28.3 Å². The fraction of sp³-hybridized carbons (Fsp3) is 0.627. The fourth-order valence-electron chi connectivity index (χ4n) is 7.07. The molecule has 0 fully saturated rings. The SMILES string of the molecule is CC(C)(C)OC(=O)NCCOCCOCCOCCOCCOCCOCCOCCNC(=O)CCCCC1(C(C)(C)CCCCOc2cc(-c3ccccc3)cc(-c3ccccc3)n2)N=NN=N1. The minimum Gasteiger partial charge on any atom is -0.478 e. The minimum absolute atomic E-state index is 0.0150. The van der Waals surface area contributed by atoms with Gasteiger partial charge < -0.3 is 53.3 Å². The number of pyridine rings is 1. The van der Waals surface area contributed by atoms with Gasteiger partial charge in [0.15, 0.2) is 5.66 Å². The van der Waals surface area contributed by atoms with Gasteiger partial charge >= 0.3 is 6.09 Å². The molecule has 0 aliphatic carbocycles. The number of aromatic nitrogens is 1. The van der Waals surface area contributed by atoms with E-state index >= 15 is 0 Å². The number of hydrogen-bond donors (Lipinski definition) is 2. The van der Waals surface area contributed by atoms with E-state index in [9.17, 15) is 9.59 Å². The lowest BCUT2D eigenvalue weighted by atomic mass is 9.73. The number of alkyl carbamates (subject to hydrolysis) is 1. The molecule has 0 unspecified atom stereocenters. The maximum atomic E-state index is 12.5. The van der Waals surface area contributed by atoms with Crippen LogP contribution in [0.5, 0.6) is 5.88 Å². The number of carbonyl (C=O) groups is 2. The highest BCUT2D eigenvalue weighted by Gasteiger charge is 2.47. The number of hydrogen-bond acceptors (Lipinski definition) is 16. The van der Waals surface area contributed by atoms with Crippen molar-refractivity contribution in [2.24, 2.45) is 26.1 Å². The van der Waals surface area contributed by atoms with Crippen molar-refractivity contribution in [3.63, 3.8) is 0 Å². The Labute approximate surface area is 408 Å². The lowest BCUT2D eigenvalue weighted by Crippen LogP contribution is -2.40. The summed E-state index contributed by atoms with van der Waals surface area (Å²) < 4.78 is 50.0. The van der Waals surface area contributed by atoms with E-state index < -0.39 is 17.4 Å². The third-order valence-corrected chi connectivity index (χ3v) is 10.9. The van der Waals surface area contributed by atoms with Crippen LogP contribution in [0.4, 0.5) is 4.79 Å². The third-order valence-electron chi connectivity index (χ3n) is 10.9. The standard InChI is InChI=1S/C51H77N7O11/c1-49(2,3)69-48(60)53-24-27-62-29-31-64-33-35-66-37-39-67-38-36-65-34-32-63-30-28-61-26-23-52-46(59)20-12-13-22-51(55-57-58-56-51)50(4,5)21-14-15-25-68-47-41-44(42-16-8-6-9-17-42)40-45(54-47)43-18-10-7-11-19-43/h6-11,16-19,40-41H,12-15,20-39H2,1-5H3,(H,52,59)(H,53,60). The molecule has 0 radical (unpaired) electrons. The van der Waals surface area contributed by atoms with Gasteiger partial charge in [-0.25, -0.2) is 9.78 Å². The Morgan fingerprint density at radius 1 is 0.536 bits per heavy atom. The summed E-state index contributed by atoms with van der Waals surface area (Å²) in [6, 6.07) is 24.5. The molecule has 2 amide bonds. The molecule has 18 heteroatoms. The number of unbranched alkanes of at least 4 members (excludes halogenated alkanes) is 2. The summed E-state index contributed by atoms with van der Waals surface area (Å²) in [6.45, 7) is 17.3. The number of amides is 2. The molecule has 69 heavy (non-hydrogen) atoms. The molecule has 0 saturated carbocycles. The Kier molecular flexibility index (Phi) is 26.9. The Balaban J connectivity index is 0.924. The van der Waals surface area contributed by atoms with Crippen LogP contribution in [-0.4, -0.2) is 140 Å². The summed E-state index contributed by atoms with van der Waals surface area (Å²) in [5.41, 5.74) is 2.51. The van der Waals surface area contributed by atoms with Crippen LogP contribution in [0.15, 0.2) is 93.5 Å². The molecule has 382 valence electrons. The normalized spacial score (nSPS) is 13.2. The number of ether oxygens (including phenoxy) is 9. The average molecular weight is 964 g/mol. The zero-order chi connectivity index (χ0) is 49.3. The largest absolute Gasteiger partial charge is 0.478 e. The van der Waals surface area contributed by atoms with Crippen LogP contribution in [0.2, 0.25) is 0 Å². The molecule has 0 atom stereocenters. The van der Waals surface area contributed by atoms with Gasteiger partial charge in [0.1, 0.15) is 5.60 Å². The summed E-state index contributed by atoms with van der Waals surface area (Å²) in [5, 5.41) is 22.4. The molecule has 2 heterocycles. The summed E-state index contributed by atoms with van der Waals surface area (Å²) in [5.74, 6) is 0.589. The predicted octanol–water partition coefficient (Wildman–Crippen LogP) is 8.84. The molecule has 1 aliphatic heterocycles. The lowest BCUT2D eigenvalue weighted by molar-refractivity contribution is -0.121. The van der Waals surface area contributed by atoms with Gasteiger partial charge in [0.25, 0.3) is 0 Å². The first-order valence-electron chi connectivity index (χ1n) is 24.3. The van der Waals surface area contributed by atoms with E-state index in [-0.39, 0.29) is 11.3 Å². The molecule has 18 nitrogen and oxygen atoms in total. The van der Waals surface area contributed by atoms with Crippen LogP contribution >= 0.6 is 0 Å². The Bertz CT molecular complexity index is 1850. The van der Waals surface area contributed by atoms with Crippen molar-refractivity contribution >= 4 is 12.0 Å². The number of nitrogens with zero attached hydrogens (tertiary/aromatic N) is 5. The molecule has 2 aromatic carbocycles. The van der Waals surface area contributed by atoms with Gasteiger partial charge in [-0.2, -0.15) is 0 Å². The van der Waals surface area contributed by atoms with Crippen LogP contribution < -0.4 is 15.4 Å². The number of rotatable bonds is 38. The van der Waals surface area contributed by atoms with Gasteiger partial charge in [-0.15, -0.1) is 10.2 Å². The Morgan fingerprint density at radius 2 is 1.03 bits per heavy atom. The molecular weight excluding hydrogens is 887 g/mol. The van der Waals surface area contributed by atoms with Crippen LogP contribution in [0.1, 0.15) is 79.6 Å². The van der Waals surface area contributed by atoms with Gasteiger partial charge in [0.2, 0.25) is 11.8 Å². The molecule has 0 bridgehead atoms. The van der Waals surface area contributed by atoms with E-state index in [0.717, 1.165) is 48.1 Å². The Hall–Kier alpha value is -4.95. The first-order chi connectivity index (χ1) is 33.5. The quantitative estimate of drug-likeness (QED) is 0.0517. The maximum Gasteiger partial charge on any atom is 0.407 e. The third kappa shape index (κ3) is 24.0. The van der Waals surface area contributed by atoms with Crippen molar-refractivity contribution < 1.29 is 52.2 Å². The van der Waals surface area contributed by atoms with Crippen molar-refractivity contribution in [2.75, 3.05) is 112 Å². The summed E-state index contributed by atoms with van der Waals surface area (Å²) >= 11 is 0. The van der Waals surface area contributed by atoms with E-state index in [4.69, 9.17) is 47.6 Å². The van der Waals surface area contributed by atoms with Gasteiger partial charge in [-0.1, -0.05) is 74.5 Å². The lowest BCUT2D eigenvalue weighted by Gasteiger charge is -2.37. The molecular formula is C51H77N7O11. The van der Waals surface area contributed by atoms with E-state index in [1.165, 1.54) is 0 Å². The van der Waals surface area contributed by atoms with E-state index in [2.05, 4.69) is 75.5 Å². The summed E-state index contributed by atoms with van der Waals surface area (Å²) in [4.78, 5) is 28.9. The molecule has 1 aromatic heterocycles. The molecule has 0 saturated heterocycles. The van der Waals surface area contributed by atoms with Crippen LogP contribution in [-0.2, 0) is 42.7 Å². The molecule has 1 aliphatic rings. The van der Waals surface area contributed by atoms with Gasteiger partial charge in [-0.05, 0) is 86.9 Å². The summed E-state index contributed by atoms with van der Waals surface area (Å²) in [7, 11) is 0. The first kappa shape index (κ1) is 56.6. The monoisotopic (exact) mass is 964 g/mol. The zero-order valence-electron chi connectivity index (χ0n) is 41.6. The second-order valence-corrected chi connectivity index (χ2v) is 18.0.